The molecule has 1 aliphatic carbocycles. The zero-order valence-corrected chi connectivity index (χ0v) is 12.3. The molecule has 2 heterocycles. The predicted molar refractivity (Wildman–Crippen MR) is 71.7 cm³/mol. The number of carboxylic acids is 1. The first-order valence-electron chi connectivity index (χ1n) is 7.23. The molecule has 2 aliphatic heterocycles. The minimum atomic E-state index is -3.37. The number of hydrogen-bond donors (Lipinski definition) is 1. The van der Waals surface area contributed by atoms with Gasteiger partial charge in [0.1, 0.15) is 0 Å². The van der Waals surface area contributed by atoms with Crippen LogP contribution in [-0.4, -0.2) is 55.9 Å². The number of rotatable bonds is 4. The number of sulfonamides is 1. The lowest BCUT2D eigenvalue weighted by molar-refractivity contribution is -0.149. The van der Waals surface area contributed by atoms with Crippen molar-refractivity contribution >= 4 is 16.0 Å². The zero-order chi connectivity index (χ0) is 14.4. The summed E-state index contributed by atoms with van der Waals surface area (Å²) in [6.45, 7) is 1.66. The number of fused-ring (bicyclic) bond motifs is 1. The van der Waals surface area contributed by atoms with Gasteiger partial charge in [0, 0.05) is 19.7 Å². The molecular weight excluding hydrogens is 282 g/mol. The molecule has 1 saturated carbocycles. The molecule has 20 heavy (non-hydrogen) atoms. The number of carboxylic acid groups (broad SMARTS) is 1. The third kappa shape index (κ3) is 2.25. The number of aliphatic carboxylic acids is 1. The molecule has 3 fully saturated rings. The number of ether oxygens (including phenoxy) is 1. The first-order valence-corrected chi connectivity index (χ1v) is 8.84. The van der Waals surface area contributed by atoms with Crippen LogP contribution in [-0.2, 0) is 19.6 Å². The average Bonchev–Trinajstić information content (AvgIpc) is 3.00. The lowest BCUT2D eigenvalue weighted by atomic mass is 9.81. The summed E-state index contributed by atoms with van der Waals surface area (Å²) in [4.78, 5) is 11.6. The van der Waals surface area contributed by atoms with Crippen LogP contribution in [0.3, 0.4) is 0 Å². The third-order valence-electron chi connectivity index (χ3n) is 5.13. The van der Waals surface area contributed by atoms with Crippen molar-refractivity contribution < 1.29 is 23.1 Å². The minimum absolute atomic E-state index is 0.0189. The van der Waals surface area contributed by atoms with Crippen LogP contribution in [0.4, 0.5) is 0 Å². The van der Waals surface area contributed by atoms with Crippen molar-refractivity contribution in [3.8, 4) is 0 Å². The number of hydrogen-bond acceptors (Lipinski definition) is 4. The fraction of sp³-hybridized carbons (Fsp3) is 0.923. The molecule has 2 saturated heterocycles. The summed E-state index contributed by atoms with van der Waals surface area (Å²) in [6.07, 6.45) is 3.10. The summed E-state index contributed by atoms with van der Waals surface area (Å²) in [7, 11) is -3.37. The summed E-state index contributed by atoms with van der Waals surface area (Å²) in [5.74, 6) is -0.701. The maximum absolute atomic E-state index is 12.5. The van der Waals surface area contributed by atoms with Crippen molar-refractivity contribution in [1.29, 1.82) is 0 Å². The Morgan fingerprint density at radius 2 is 2.20 bits per heavy atom. The second-order valence-corrected chi connectivity index (χ2v) is 8.36. The molecule has 3 rings (SSSR count). The molecule has 0 bridgehead atoms. The second-order valence-electron chi connectivity index (χ2n) is 6.35. The SMILES string of the molecule is O=C(O)[C@@]12CCC[C@H]1CN(S(=O)(=O)CC1CCOC1)C2. The maximum Gasteiger partial charge on any atom is 0.311 e. The Morgan fingerprint density at radius 1 is 1.40 bits per heavy atom. The lowest BCUT2D eigenvalue weighted by Gasteiger charge is -2.23. The van der Waals surface area contributed by atoms with Gasteiger partial charge in [0.15, 0.2) is 0 Å². The van der Waals surface area contributed by atoms with Gasteiger partial charge in [0.05, 0.1) is 17.8 Å². The largest absolute Gasteiger partial charge is 0.481 e. The van der Waals surface area contributed by atoms with Crippen LogP contribution in [0.25, 0.3) is 0 Å². The Labute approximate surface area is 119 Å². The molecule has 0 amide bonds. The highest BCUT2D eigenvalue weighted by atomic mass is 32.2. The summed E-state index contributed by atoms with van der Waals surface area (Å²) >= 11 is 0. The Hall–Kier alpha value is -0.660. The molecule has 3 aliphatic rings. The van der Waals surface area contributed by atoms with Gasteiger partial charge >= 0.3 is 5.97 Å². The first kappa shape index (κ1) is 14.3. The van der Waals surface area contributed by atoms with Gasteiger partial charge in [0.25, 0.3) is 0 Å². The van der Waals surface area contributed by atoms with E-state index in [-0.39, 0.29) is 24.1 Å². The standard InChI is InChI=1S/C13H21NO5S/c15-12(16)13-4-1-2-11(13)6-14(9-13)20(17,18)8-10-3-5-19-7-10/h10-11H,1-9H2,(H,15,16)/t10?,11-,13+/m0/s1. The van der Waals surface area contributed by atoms with E-state index in [9.17, 15) is 18.3 Å². The van der Waals surface area contributed by atoms with E-state index in [1.807, 2.05) is 0 Å². The van der Waals surface area contributed by atoms with Crippen molar-refractivity contribution in [1.82, 2.24) is 4.31 Å². The Kier molecular flexibility index (Phi) is 3.54. The Morgan fingerprint density at radius 3 is 2.80 bits per heavy atom. The van der Waals surface area contributed by atoms with Gasteiger partial charge in [0.2, 0.25) is 10.0 Å². The molecule has 114 valence electrons. The minimum Gasteiger partial charge on any atom is -0.481 e. The molecule has 3 atom stereocenters. The molecule has 6 nitrogen and oxygen atoms in total. The molecule has 1 unspecified atom stereocenters. The summed E-state index contributed by atoms with van der Waals surface area (Å²) in [6, 6.07) is 0. The van der Waals surface area contributed by atoms with Gasteiger partial charge < -0.3 is 9.84 Å². The van der Waals surface area contributed by atoms with Crippen molar-refractivity contribution in [2.24, 2.45) is 17.3 Å². The molecule has 7 heteroatoms. The molecule has 0 radical (unpaired) electrons. The predicted octanol–water partition coefficient (Wildman–Crippen LogP) is 0.539. The molecular formula is C13H21NO5S. The van der Waals surface area contributed by atoms with Gasteiger partial charge in [-0.2, -0.15) is 0 Å². The van der Waals surface area contributed by atoms with Crippen molar-refractivity contribution in [3.63, 3.8) is 0 Å². The van der Waals surface area contributed by atoms with E-state index >= 15 is 0 Å². The van der Waals surface area contributed by atoms with Crippen LogP contribution in [0.2, 0.25) is 0 Å². The van der Waals surface area contributed by atoms with E-state index in [0.717, 1.165) is 19.3 Å². The van der Waals surface area contributed by atoms with E-state index < -0.39 is 21.4 Å². The normalized spacial score (nSPS) is 38.2. The third-order valence-corrected chi connectivity index (χ3v) is 7.09. The van der Waals surface area contributed by atoms with Gasteiger partial charge in [-0.1, -0.05) is 6.42 Å². The van der Waals surface area contributed by atoms with E-state index in [2.05, 4.69) is 0 Å². The number of carbonyl (C=O) groups is 1. The molecule has 0 aromatic carbocycles. The van der Waals surface area contributed by atoms with E-state index in [4.69, 9.17) is 4.74 Å². The highest BCUT2D eigenvalue weighted by Gasteiger charge is 2.57. The second kappa shape index (κ2) is 4.96. The van der Waals surface area contributed by atoms with Crippen molar-refractivity contribution in [3.05, 3.63) is 0 Å². The topological polar surface area (TPSA) is 83.9 Å². The van der Waals surface area contributed by atoms with Gasteiger partial charge in [-0.05, 0) is 31.1 Å². The summed E-state index contributed by atoms with van der Waals surface area (Å²) in [5, 5.41) is 9.50. The van der Waals surface area contributed by atoms with E-state index in [0.29, 0.717) is 26.2 Å². The first-order chi connectivity index (χ1) is 9.44. The van der Waals surface area contributed by atoms with Gasteiger partial charge in [-0.25, -0.2) is 12.7 Å². The highest BCUT2D eigenvalue weighted by molar-refractivity contribution is 7.89. The molecule has 0 aromatic rings. The zero-order valence-electron chi connectivity index (χ0n) is 11.5. The monoisotopic (exact) mass is 303 g/mol. The summed E-state index contributed by atoms with van der Waals surface area (Å²) < 4.78 is 31.6. The van der Waals surface area contributed by atoms with Crippen LogP contribution in [0.5, 0.6) is 0 Å². The Bertz CT molecular complexity index is 499. The molecule has 0 spiro atoms. The van der Waals surface area contributed by atoms with Gasteiger partial charge in [-0.3, -0.25) is 4.79 Å². The molecule has 0 aromatic heterocycles. The lowest BCUT2D eigenvalue weighted by Crippen LogP contribution is -2.38. The number of nitrogens with zero attached hydrogens (tertiary/aromatic N) is 1. The van der Waals surface area contributed by atoms with E-state index in [1.165, 1.54) is 4.31 Å². The smallest absolute Gasteiger partial charge is 0.311 e. The quantitative estimate of drug-likeness (QED) is 0.819. The summed E-state index contributed by atoms with van der Waals surface area (Å²) in [5.41, 5.74) is -0.834. The molecule has 1 N–H and O–H groups in total. The van der Waals surface area contributed by atoms with Gasteiger partial charge in [-0.15, -0.1) is 0 Å². The fourth-order valence-corrected chi connectivity index (χ4v) is 5.83. The van der Waals surface area contributed by atoms with Crippen LogP contribution >= 0.6 is 0 Å². The maximum atomic E-state index is 12.5. The average molecular weight is 303 g/mol. The fourth-order valence-electron chi connectivity index (χ4n) is 3.92. The van der Waals surface area contributed by atoms with Crippen LogP contribution in [0.15, 0.2) is 0 Å². The van der Waals surface area contributed by atoms with Crippen LogP contribution < -0.4 is 0 Å². The van der Waals surface area contributed by atoms with Crippen LogP contribution in [0.1, 0.15) is 25.7 Å². The van der Waals surface area contributed by atoms with Crippen molar-refractivity contribution in [2.75, 3.05) is 32.1 Å². The van der Waals surface area contributed by atoms with E-state index in [1.54, 1.807) is 0 Å². The Balaban J connectivity index is 1.74. The highest BCUT2D eigenvalue weighted by Crippen LogP contribution is 2.49. The van der Waals surface area contributed by atoms with Crippen LogP contribution in [0, 0.1) is 17.3 Å². The van der Waals surface area contributed by atoms with Crippen molar-refractivity contribution in [2.45, 2.75) is 25.7 Å².